The summed E-state index contributed by atoms with van der Waals surface area (Å²) in [5, 5.41) is 2.92. The number of thiophene rings is 1. The van der Waals surface area contributed by atoms with Crippen molar-refractivity contribution in [1.82, 2.24) is 4.31 Å². The minimum atomic E-state index is -3.76. The fourth-order valence-corrected chi connectivity index (χ4v) is 6.83. The molecular formula is C21H26N2O6S2. The number of esters is 1. The molecule has 4 rings (SSSR count). The first-order valence-corrected chi connectivity index (χ1v) is 12.8. The Labute approximate surface area is 185 Å². The molecule has 0 aromatic carbocycles. The Hall–Kier alpha value is -2.17. The van der Waals surface area contributed by atoms with Gasteiger partial charge >= 0.3 is 5.97 Å². The number of carbonyl (C=O) groups excluding carboxylic acids is 2. The van der Waals surface area contributed by atoms with Crippen LogP contribution < -0.4 is 5.32 Å². The number of amides is 1. The van der Waals surface area contributed by atoms with Crippen LogP contribution in [-0.2, 0) is 27.6 Å². The van der Waals surface area contributed by atoms with Crippen LogP contribution in [0.25, 0.3) is 0 Å². The summed E-state index contributed by atoms with van der Waals surface area (Å²) in [6.45, 7) is 0.904. The predicted molar refractivity (Wildman–Crippen MR) is 116 cm³/mol. The van der Waals surface area contributed by atoms with Crippen molar-refractivity contribution in [1.29, 1.82) is 0 Å². The molecule has 0 radical (unpaired) electrons. The second kappa shape index (κ2) is 9.13. The average Bonchev–Trinajstić information content (AvgIpc) is 3.34. The molecule has 0 atom stereocenters. The molecule has 0 spiro atoms. The third-order valence-corrected chi connectivity index (χ3v) is 8.73. The maximum Gasteiger partial charge on any atom is 0.341 e. The maximum atomic E-state index is 12.8. The summed E-state index contributed by atoms with van der Waals surface area (Å²) in [6, 6.07) is 2.66. The minimum absolute atomic E-state index is 0.116. The number of sulfonamides is 1. The van der Waals surface area contributed by atoms with Gasteiger partial charge in [-0.1, -0.05) is 12.8 Å². The van der Waals surface area contributed by atoms with E-state index in [9.17, 15) is 18.0 Å². The van der Waals surface area contributed by atoms with E-state index in [1.54, 1.807) is 0 Å². The van der Waals surface area contributed by atoms with Crippen molar-refractivity contribution >= 4 is 38.2 Å². The SMILES string of the molecule is COC(=O)c1c(NC(=O)c2ccc(S(=O)(=O)N3CCCCC3)o2)sc2c1CCCCC2. The summed E-state index contributed by atoms with van der Waals surface area (Å²) >= 11 is 1.38. The van der Waals surface area contributed by atoms with Crippen molar-refractivity contribution in [3.63, 3.8) is 0 Å². The molecule has 2 aromatic rings. The van der Waals surface area contributed by atoms with Crippen LogP contribution in [0.15, 0.2) is 21.6 Å². The smallest absolute Gasteiger partial charge is 0.341 e. The van der Waals surface area contributed by atoms with Crippen molar-refractivity contribution < 1.29 is 27.2 Å². The van der Waals surface area contributed by atoms with E-state index in [4.69, 9.17) is 9.15 Å². The van der Waals surface area contributed by atoms with E-state index in [1.165, 1.54) is 34.9 Å². The van der Waals surface area contributed by atoms with E-state index in [2.05, 4.69) is 5.32 Å². The van der Waals surface area contributed by atoms with E-state index in [-0.39, 0.29) is 10.9 Å². The molecule has 1 saturated heterocycles. The first-order valence-electron chi connectivity index (χ1n) is 10.6. The van der Waals surface area contributed by atoms with Crippen LogP contribution in [0.5, 0.6) is 0 Å². The molecule has 1 aliphatic carbocycles. The molecule has 0 saturated carbocycles. The van der Waals surface area contributed by atoms with Gasteiger partial charge in [-0.3, -0.25) is 4.79 Å². The molecule has 1 N–H and O–H groups in total. The number of ether oxygens (including phenoxy) is 1. The number of nitrogens with zero attached hydrogens (tertiary/aromatic N) is 1. The third kappa shape index (κ3) is 4.42. The maximum absolute atomic E-state index is 12.8. The van der Waals surface area contributed by atoms with E-state index in [0.29, 0.717) is 23.7 Å². The highest BCUT2D eigenvalue weighted by Crippen LogP contribution is 2.38. The number of carbonyl (C=O) groups is 2. The largest absolute Gasteiger partial charge is 0.465 e. The number of piperidine rings is 1. The number of hydrogen-bond donors (Lipinski definition) is 1. The van der Waals surface area contributed by atoms with Crippen LogP contribution in [-0.4, -0.2) is 44.8 Å². The summed E-state index contributed by atoms with van der Waals surface area (Å²) in [6.07, 6.45) is 7.38. The van der Waals surface area contributed by atoms with Crippen molar-refractivity contribution in [2.45, 2.75) is 56.5 Å². The van der Waals surface area contributed by atoms with Crippen LogP contribution in [0.2, 0.25) is 0 Å². The number of furan rings is 1. The molecule has 2 aromatic heterocycles. The Morgan fingerprint density at radius 1 is 1.06 bits per heavy atom. The quantitative estimate of drug-likeness (QED) is 0.530. The van der Waals surface area contributed by atoms with E-state index in [1.807, 2.05) is 0 Å². The van der Waals surface area contributed by atoms with Crippen molar-refractivity contribution in [3.05, 3.63) is 33.9 Å². The van der Waals surface area contributed by atoms with Crippen LogP contribution in [0, 0.1) is 0 Å². The standard InChI is InChI=1S/C21H26N2O6S2/c1-28-21(25)18-14-8-4-2-5-9-16(14)30-20(18)22-19(24)15-10-11-17(29-15)31(26,27)23-12-6-3-7-13-23/h10-11H,2-9,12-13H2,1H3,(H,22,24). The first kappa shape index (κ1) is 22.0. The van der Waals surface area contributed by atoms with Gasteiger partial charge in [0.05, 0.1) is 12.7 Å². The number of methoxy groups -OCH3 is 1. The van der Waals surface area contributed by atoms with Gasteiger partial charge in [-0.2, -0.15) is 4.31 Å². The van der Waals surface area contributed by atoms with Crippen LogP contribution in [0.3, 0.4) is 0 Å². The monoisotopic (exact) mass is 466 g/mol. The van der Waals surface area contributed by atoms with Crippen molar-refractivity contribution in [2.24, 2.45) is 0 Å². The van der Waals surface area contributed by atoms with E-state index in [0.717, 1.165) is 61.8 Å². The molecule has 0 bridgehead atoms. The molecule has 31 heavy (non-hydrogen) atoms. The number of anilines is 1. The average molecular weight is 467 g/mol. The number of aryl methyl sites for hydroxylation is 1. The third-order valence-electron chi connectivity index (χ3n) is 5.75. The number of rotatable bonds is 5. The minimum Gasteiger partial charge on any atom is -0.465 e. The molecule has 2 aliphatic rings. The second-order valence-electron chi connectivity index (χ2n) is 7.80. The fourth-order valence-electron chi connectivity index (χ4n) is 4.13. The molecular weight excluding hydrogens is 440 g/mol. The van der Waals surface area contributed by atoms with Gasteiger partial charge in [0.2, 0.25) is 5.09 Å². The normalized spacial score (nSPS) is 17.6. The van der Waals surface area contributed by atoms with Crippen molar-refractivity contribution in [3.8, 4) is 0 Å². The first-order chi connectivity index (χ1) is 14.9. The molecule has 8 nitrogen and oxygen atoms in total. The number of nitrogens with one attached hydrogen (secondary N) is 1. The predicted octanol–water partition coefficient (Wildman–Crippen LogP) is 3.82. The Bertz CT molecular complexity index is 1080. The zero-order valence-corrected chi connectivity index (χ0v) is 19.1. The summed E-state index contributed by atoms with van der Waals surface area (Å²) in [5.74, 6) is -1.20. The number of hydrogen-bond acceptors (Lipinski definition) is 7. The van der Waals surface area contributed by atoms with Gasteiger partial charge in [-0.25, -0.2) is 13.2 Å². The highest BCUT2D eigenvalue weighted by Gasteiger charge is 2.31. The molecule has 168 valence electrons. The van der Waals surface area contributed by atoms with Crippen molar-refractivity contribution in [2.75, 3.05) is 25.5 Å². The second-order valence-corrected chi connectivity index (χ2v) is 10.8. The van der Waals surface area contributed by atoms with E-state index < -0.39 is 21.9 Å². The van der Waals surface area contributed by atoms with Crippen LogP contribution >= 0.6 is 11.3 Å². The molecule has 3 heterocycles. The zero-order valence-electron chi connectivity index (χ0n) is 17.4. The molecule has 1 aliphatic heterocycles. The fraction of sp³-hybridized carbons (Fsp3) is 0.524. The Kier molecular flexibility index (Phi) is 6.49. The molecule has 1 fully saturated rings. The summed E-state index contributed by atoms with van der Waals surface area (Å²) in [4.78, 5) is 26.3. The lowest BCUT2D eigenvalue weighted by atomic mass is 10.1. The van der Waals surface area contributed by atoms with Crippen LogP contribution in [0.4, 0.5) is 5.00 Å². The van der Waals surface area contributed by atoms with Gasteiger partial charge in [0, 0.05) is 18.0 Å². The lowest BCUT2D eigenvalue weighted by molar-refractivity contribution is 0.0601. The highest BCUT2D eigenvalue weighted by molar-refractivity contribution is 7.89. The van der Waals surface area contributed by atoms with Gasteiger partial charge in [0.1, 0.15) is 5.00 Å². The van der Waals surface area contributed by atoms with Gasteiger partial charge in [0.15, 0.2) is 5.76 Å². The molecule has 10 heteroatoms. The zero-order chi connectivity index (χ0) is 22.0. The summed E-state index contributed by atoms with van der Waals surface area (Å²) in [5.41, 5.74) is 1.34. The Morgan fingerprint density at radius 3 is 2.52 bits per heavy atom. The summed E-state index contributed by atoms with van der Waals surface area (Å²) in [7, 11) is -2.45. The van der Waals surface area contributed by atoms with Gasteiger partial charge in [-0.15, -0.1) is 11.3 Å². The lowest BCUT2D eigenvalue weighted by Gasteiger charge is -2.24. The van der Waals surface area contributed by atoms with E-state index >= 15 is 0 Å². The Morgan fingerprint density at radius 2 is 1.77 bits per heavy atom. The Balaban J connectivity index is 1.57. The lowest BCUT2D eigenvalue weighted by Crippen LogP contribution is -2.35. The van der Waals surface area contributed by atoms with Gasteiger partial charge in [-0.05, 0) is 56.2 Å². The number of fused-ring (bicyclic) bond motifs is 1. The van der Waals surface area contributed by atoms with Gasteiger partial charge in [0.25, 0.3) is 15.9 Å². The highest BCUT2D eigenvalue weighted by atomic mass is 32.2. The molecule has 1 amide bonds. The van der Waals surface area contributed by atoms with Gasteiger partial charge < -0.3 is 14.5 Å². The topological polar surface area (TPSA) is 106 Å². The van der Waals surface area contributed by atoms with Crippen LogP contribution in [0.1, 0.15) is 69.9 Å². The summed E-state index contributed by atoms with van der Waals surface area (Å²) < 4.78 is 37.3. The molecule has 0 unspecified atom stereocenters.